The van der Waals surface area contributed by atoms with Crippen LogP contribution in [-0.2, 0) is 0 Å². The lowest BCUT2D eigenvalue weighted by Crippen LogP contribution is -2.54. The molecular weight excluding hydrogens is 250 g/mol. The number of nitrogens with zero attached hydrogens (tertiary/aromatic N) is 2. The summed E-state index contributed by atoms with van der Waals surface area (Å²) in [6.45, 7) is 7.24. The Labute approximate surface area is 122 Å². The number of benzene rings is 1. The lowest BCUT2D eigenvalue weighted by atomic mass is 9.96. The number of para-hydroxylation sites is 1. The van der Waals surface area contributed by atoms with Gasteiger partial charge in [0.1, 0.15) is 5.75 Å². The molecule has 0 spiro atoms. The zero-order valence-electron chi connectivity index (χ0n) is 13.0. The van der Waals surface area contributed by atoms with Crippen LogP contribution in [0.1, 0.15) is 25.5 Å². The largest absolute Gasteiger partial charge is 0.491 e. The standard InChI is InChI=1S/C16H27N3O/c1-12(2)20-15-8-6-5-7-13(15)16(17)14-11-18(3)9-10-19(14)4/h5-8,12,14,16H,9-11,17H2,1-4H3. The lowest BCUT2D eigenvalue weighted by molar-refractivity contribution is 0.0961. The zero-order valence-corrected chi connectivity index (χ0v) is 13.0. The molecule has 1 saturated heterocycles. The minimum Gasteiger partial charge on any atom is -0.491 e. The van der Waals surface area contributed by atoms with Crippen LogP contribution in [0.25, 0.3) is 0 Å². The highest BCUT2D eigenvalue weighted by Gasteiger charge is 2.30. The molecule has 2 unspecified atom stereocenters. The Morgan fingerprint density at radius 2 is 1.90 bits per heavy atom. The van der Waals surface area contributed by atoms with E-state index in [2.05, 4.69) is 30.0 Å². The van der Waals surface area contributed by atoms with Gasteiger partial charge in [0.15, 0.2) is 0 Å². The van der Waals surface area contributed by atoms with Crippen molar-refractivity contribution in [2.45, 2.75) is 32.0 Å². The molecule has 1 aromatic rings. The second kappa shape index (κ2) is 6.57. The van der Waals surface area contributed by atoms with Crippen LogP contribution < -0.4 is 10.5 Å². The molecule has 4 heteroatoms. The first-order valence-corrected chi connectivity index (χ1v) is 7.39. The molecule has 0 amide bonds. The number of nitrogens with two attached hydrogens (primary N) is 1. The topological polar surface area (TPSA) is 41.7 Å². The van der Waals surface area contributed by atoms with Gasteiger partial charge in [-0.2, -0.15) is 0 Å². The lowest BCUT2D eigenvalue weighted by Gasteiger charge is -2.41. The van der Waals surface area contributed by atoms with Crippen LogP contribution in [0.5, 0.6) is 5.75 Å². The van der Waals surface area contributed by atoms with Crippen molar-refractivity contribution in [3.63, 3.8) is 0 Å². The van der Waals surface area contributed by atoms with Crippen molar-refractivity contribution in [3.05, 3.63) is 29.8 Å². The fourth-order valence-corrected chi connectivity index (χ4v) is 2.76. The van der Waals surface area contributed by atoms with Gasteiger partial charge < -0.3 is 15.4 Å². The summed E-state index contributed by atoms with van der Waals surface area (Å²) in [7, 11) is 4.31. The van der Waals surface area contributed by atoms with Gasteiger partial charge in [0.25, 0.3) is 0 Å². The predicted octanol–water partition coefficient (Wildman–Crippen LogP) is 1.72. The summed E-state index contributed by atoms with van der Waals surface area (Å²) in [5.74, 6) is 0.914. The minimum atomic E-state index is -0.0299. The number of hydrogen-bond acceptors (Lipinski definition) is 4. The van der Waals surface area contributed by atoms with E-state index >= 15 is 0 Å². The first-order chi connectivity index (χ1) is 9.49. The van der Waals surface area contributed by atoms with Crippen molar-refractivity contribution in [1.82, 2.24) is 9.80 Å². The van der Waals surface area contributed by atoms with Gasteiger partial charge in [0.2, 0.25) is 0 Å². The van der Waals surface area contributed by atoms with Crippen LogP contribution in [-0.4, -0.2) is 55.7 Å². The van der Waals surface area contributed by atoms with Crippen LogP contribution >= 0.6 is 0 Å². The average Bonchev–Trinajstić information content (AvgIpc) is 2.41. The fraction of sp³-hybridized carbons (Fsp3) is 0.625. The maximum absolute atomic E-state index is 6.55. The van der Waals surface area contributed by atoms with Crippen LogP contribution in [0.4, 0.5) is 0 Å². The zero-order chi connectivity index (χ0) is 14.7. The summed E-state index contributed by atoms with van der Waals surface area (Å²) in [6, 6.07) is 8.44. The molecule has 0 saturated carbocycles. The normalized spacial score (nSPS) is 23.0. The van der Waals surface area contributed by atoms with Crippen molar-refractivity contribution in [1.29, 1.82) is 0 Å². The Morgan fingerprint density at radius 1 is 1.20 bits per heavy atom. The highest BCUT2D eigenvalue weighted by atomic mass is 16.5. The number of piperazine rings is 1. The van der Waals surface area contributed by atoms with E-state index < -0.39 is 0 Å². The summed E-state index contributed by atoms with van der Waals surface area (Å²) in [5.41, 5.74) is 7.66. The van der Waals surface area contributed by atoms with Gasteiger partial charge >= 0.3 is 0 Å². The molecule has 0 aromatic heterocycles. The van der Waals surface area contributed by atoms with Crippen molar-refractivity contribution in [2.24, 2.45) is 5.73 Å². The molecule has 2 atom stereocenters. The molecule has 0 aliphatic carbocycles. The van der Waals surface area contributed by atoms with Gasteiger partial charge in [-0.25, -0.2) is 0 Å². The van der Waals surface area contributed by atoms with Crippen LogP contribution in [0.15, 0.2) is 24.3 Å². The molecule has 1 fully saturated rings. The average molecular weight is 277 g/mol. The van der Waals surface area contributed by atoms with E-state index in [1.165, 1.54) is 0 Å². The molecular formula is C16H27N3O. The van der Waals surface area contributed by atoms with Crippen molar-refractivity contribution < 1.29 is 4.74 Å². The van der Waals surface area contributed by atoms with Gasteiger partial charge in [0, 0.05) is 31.2 Å². The summed E-state index contributed by atoms with van der Waals surface area (Å²) >= 11 is 0. The second-order valence-electron chi connectivity index (χ2n) is 6.04. The number of ether oxygens (including phenoxy) is 1. The highest BCUT2D eigenvalue weighted by molar-refractivity contribution is 5.37. The summed E-state index contributed by atoms with van der Waals surface area (Å²) in [6.07, 6.45) is 0.162. The monoisotopic (exact) mass is 277 g/mol. The summed E-state index contributed by atoms with van der Waals surface area (Å²) in [5, 5.41) is 0. The van der Waals surface area contributed by atoms with Gasteiger partial charge in [-0.3, -0.25) is 4.90 Å². The molecule has 0 radical (unpaired) electrons. The van der Waals surface area contributed by atoms with Gasteiger partial charge in [-0.05, 0) is 34.0 Å². The summed E-state index contributed by atoms with van der Waals surface area (Å²) < 4.78 is 5.91. The Hall–Kier alpha value is -1.10. The molecule has 2 N–H and O–H groups in total. The first-order valence-electron chi connectivity index (χ1n) is 7.39. The van der Waals surface area contributed by atoms with Crippen LogP contribution in [0.3, 0.4) is 0 Å². The molecule has 1 aliphatic heterocycles. The molecule has 112 valence electrons. The Balaban J connectivity index is 2.21. The maximum Gasteiger partial charge on any atom is 0.124 e. The maximum atomic E-state index is 6.55. The number of hydrogen-bond donors (Lipinski definition) is 1. The SMILES string of the molecule is CC(C)Oc1ccccc1C(N)C1CN(C)CCN1C. The highest BCUT2D eigenvalue weighted by Crippen LogP contribution is 2.29. The van der Waals surface area contributed by atoms with Crippen molar-refractivity contribution in [3.8, 4) is 5.75 Å². The quantitative estimate of drug-likeness (QED) is 0.910. The minimum absolute atomic E-state index is 0.0299. The van der Waals surface area contributed by atoms with E-state index in [0.29, 0.717) is 6.04 Å². The van der Waals surface area contributed by atoms with E-state index in [1.807, 2.05) is 32.0 Å². The Bertz CT molecular complexity index is 435. The molecule has 2 rings (SSSR count). The van der Waals surface area contributed by atoms with Gasteiger partial charge in [-0.15, -0.1) is 0 Å². The second-order valence-corrected chi connectivity index (χ2v) is 6.04. The fourth-order valence-electron chi connectivity index (χ4n) is 2.76. The third kappa shape index (κ3) is 3.51. The molecule has 1 aliphatic rings. The smallest absolute Gasteiger partial charge is 0.124 e. The number of rotatable bonds is 4. The third-order valence-corrected chi connectivity index (χ3v) is 3.95. The van der Waals surface area contributed by atoms with Gasteiger partial charge in [-0.1, -0.05) is 18.2 Å². The van der Waals surface area contributed by atoms with E-state index in [4.69, 9.17) is 10.5 Å². The van der Waals surface area contributed by atoms with E-state index in [-0.39, 0.29) is 12.1 Å². The Kier molecular flexibility index (Phi) is 5.02. The van der Waals surface area contributed by atoms with Crippen molar-refractivity contribution >= 4 is 0 Å². The van der Waals surface area contributed by atoms with Crippen molar-refractivity contribution in [2.75, 3.05) is 33.7 Å². The Morgan fingerprint density at radius 3 is 2.60 bits per heavy atom. The molecule has 1 heterocycles. The third-order valence-electron chi connectivity index (χ3n) is 3.95. The first kappa shape index (κ1) is 15.3. The van der Waals surface area contributed by atoms with E-state index in [0.717, 1.165) is 30.9 Å². The van der Waals surface area contributed by atoms with E-state index in [1.54, 1.807) is 0 Å². The predicted molar refractivity (Wildman–Crippen MR) is 83.0 cm³/mol. The van der Waals surface area contributed by atoms with Crippen LogP contribution in [0.2, 0.25) is 0 Å². The number of likely N-dealkylation sites (N-methyl/N-ethyl adjacent to an activating group) is 2. The molecule has 4 nitrogen and oxygen atoms in total. The van der Waals surface area contributed by atoms with E-state index in [9.17, 15) is 0 Å². The molecule has 1 aromatic carbocycles. The van der Waals surface area contributed by atoms with Gasteiger partial charge in [0.05, 0.1) is 12.1 Å². The molecule has 0 bridgehead atoms. The molecule has 20 heavy (non-hydrogen) atoms. The van der Waals surface area contributed by atoms with Crippen LogP contribution in [0, 0.1) is 0 Å². The summed E-state index contributed by atoms with van der Waals surface area (Å²) in [4.78, 5) is 4.70.